The maximum atomic E-state index is 7.02. The van der Waals surface area contributed by atoms with E-state index in [4.69, 9.17) is 9.31 Å². The molecule has 0 fully saturated rings. The standard InChI is InChI=1S/C27H31BI2N4O2.2HI/c1-18-24-15-25-19(2)27(30)21(4)34(25)28(33(24)20(3)26(18)29,35-16-22-7-11-31(5)12-8-22)36-17-23-9-13-32(6)14-10-23;;/h7-15H,16-17H2,1-6H3;2*1H/q+2;;/p-2. The van der Waals surface area contributed by atoms with Crippen LogP contribution in [0.25, 0.3) is 6.08 Å². The third-order valence-corrected chi connectivity index (χ3v) is 10.4. The monoisotopic (exact) mass is 962 g/mol. The van der Waals surface area contributed by atoms with Gasteiger partial charge >= 0.3 is 6.82 Å². The predicted molar refractivity (Wildman–Crippen MR) is 158 cm³/mol. The van der Waals surface area contributed by atoms with Crippen molar-refractivity contribution in [1.29, 1.82) is 0 Å². The van der Waals surface area contributed by atoms with E-state index in [9.17, 15) is 0 Å². The van der Waals surface area contributed by atoms with Gasteiger partial charge in [0.25, 0.3) is 0 Å². The zero-order chi connectivity index (χ0) is 25.8. The SMILES string of the molecule is CC1=C(I)C(C)=[N+]2C1=Cc1c(C)c(I)c(C)n1[B-]2(OCc1cc[n+](C)cc1)OCc1cc[n+](C)cc1.[I-].[I-]. The van der Waals surface area contributed by atoms with Crippen molar-refractivity contribution in [1.82, 2.24) is 4.48 Å². The topological polar surface area (TPSA) is 34.2 Å². The summed E-state index contributed by atoms with van der Waals surface area (Å²) in [6.07, 6.45) is 10.5. The van der Waals surface area contributed by atoms with E-state index in [1.807, 2.05) is 23.2 Å². The van der Waals surface area contributed by atoms with Crippen molar-refractivity contribution in [3.8, 4) is 0 Å². The first-order valence-electron chi connectivity index (χ1n) is 12.0. The average molecular weight is 962 g/mol. The second-order valence-electron chi connectivity index (χ2n) is 9.70. The summed E-state index contributed by atoms with van der Waals surface area (Å²) in [6, 6.07) is 8.42. The van der Waals surface area contributed by atoms with Gasteiger partial charge in [-0.1, -0.05) is 0 Å². The number of aromatic nitrogens is 3. The van der Waals surface area contributed by atoms with Gasteiger partial charge in [0.1, 0.15) is 19.8 Å². The fourth-order valence-corrected chi connectivity index (χ4v) is 6.23. The van der Waals surface area contributed by atoms with Crippen LogP contribution in [0.1, 0.15) is 41.9 Å². The molecule has 0 saturated heterocycles. The van der Waals surface area contributed by atoms with Gasteiger partial charge in [0.2, 0.25) is 0 Å². The number of allylic oxidation sites excluding steroid dienone is 2. The van der Waals surface area contributed by atoms with Crippen LogP contribution in [0.15, 0.2) is 63.9 Å². The quantitative estimate of drug-likeness (QED) is 0.174. The number of pyridine rings is 2. The van der Waals surface area contributed by atoms with Crippen LogP contribution in [0.3, 0.4) is 0 Å². The van der Waals surface area contributed by atoms with Crippen molar-refractivity contribution in [3.63, 3.8) is 0 Å². The molecule has 6 nitrogen and oxygen atoms in total. The van der Waals surface area contributed by atoms with Crippen LogP contribution in [-0.4, -0.2) is 21.5 Å². The molecule has 202 valence electrons. The molecule has 0 atom stereocenters. The summed E-state index contributed by atoms with van der Waals surface area (Å²) in [5, 5.41) is 0. The third kappa shape index (κ3) is 5.57. The first-order chi connectivity index (χ1) is 17.1. The van der Waals surface area contributed by atoms with E-state index in [1.165, 1.54) is 18.3 Å². The van der Waals surface area contributed by atoms with Crippen molar-refractivity contribution in [2.45, 2.75) is 40.9 Å². The Balaban J connectivity index is 0.00000200. The van der Waals surface area contributed by atoms with Gasteiger partial charge in [0.15, 0.2) is 30.5 Å². The fourth-order valence-electron chi connectivity index (χ4n) is 5.16. The Morgan fingerprint density at radius 2 is 1.29 bits per heavy atom. The molecule has 0 saturated carbocycles. The highest BCUT2D eigenvalue weighted by atomic mass is 127. The van der Waals surface area contributed by atoms with Crippen LogP contribution in [0.2, 0.25) is 0 Å². The molecular weight excluding hydrogens is 931 g/mol. The molecule has 0 unspecified atom stereocenters. The summed E-state index contributed by atoms with van der Waals surface area (Å²) in [5.74, 6) is 0. The van der Waals surface area contributed by atoms with Gasteiger partial charge in [-0.15, -0.1) is 0 Å². The minimum absolute atomic E-state index is 0. The molecular formula is C27H31BI4N4O2. The van der Waals surface area contributed by atoms with Crippen molar-refractivity contribution in [2.75, 3.05) is 0 Å². The summed E-state index contributed by atoms with van der Waals surface area (Å²) in [6.45, 7) is 7.48. The van der Waals surface area contributed by atoms with E-state index in [-0.39, 0.29) is 48.0 Å². The van der Waals surface area contributed by atoms with Gasteiger partial charge in [0, 0.05) is 65.3 Å². The van der Waals surface area contributed by atoms with Crippen LogP contribution in [0.5, 0.6) is 0 Å². The maximum absolute atomic E-state index is 7.02. The Bertz CT molecular complexity index is 1410. The number of fused-ring (bicyclic) bond motifs is 2. The van der Waals surface area contributed by atoms with Gasteiger partial charge in [-0.05, 0) is 88.3 Å². The smallest absolute Gasteiger partial charge is 0.666 e. The molecule has 0 spiro atoms. The third-order valence-electron chi connectivity index (χ3n) is 7.26. The predicted octanol–water partition coefficient (Wildman–Crippen LogP) is -1.37. The number of aryl methyl sites for hydroxylation is 2. The molecule has 5 heterocycles. The number of halogens is 4. The van der Waals surface area contributed by atoms with E-state index in [0.29, 0.717) is 13.2 Å². The number of hydrogen-bond acceptors (Lipinski definition) is 2. The second kappa shape index (κ2) is 12.7. The Morgan fingerprint density at radius 3 is 1.76 bits per heavy atom. The molecule has 5 rings (SSSR count). The molecule has 0 amide bonds. The molecule has 2 aliphatic heterocycles. The zero-order valence-electron chi connectivity index (χ0n) is 22.3. The largest absolute Gasteiger partial charge is 1.00 e. The van der Waals surface area contributed by atoms with E-state index in [2.05, 4.69) is 137 Å². The summed E-state index contributed by atoms with van der Waals surface area (Å²) in [5.41, 5.74) is 9.34. The first-order valence-corrected chi connectivity index (χ1v) is 14.2. The van der Waals surface area contributed by atoms with E-state index >= 15 is 0 Å². The molecule has 38 heavy (non-hydrogen) atoms. The normalized spacial score (nSPS) is 15.5. The van der Waals surface area contributed by atoms with Crippen molar-refractivity contribution >= 4 is 63.8 Å². The highest BCUT2D eigenvalue weighted by molar-refractivity contribution is 14.1. The molecule has 0 bridgehead atoms. The first kappa shape index (κ1) is 32.2. The lowest BCUT2D eigenvalue weighted by Gasteiger charge is -2.42. The van der Waals surface area contributed by atoms with Crippen molar-refractivity contribution < 1.29 is 70.9 Å². The highest BCUT2D eigenvalue weighted by Crippen LogP contribution is 2.42. The van der Waals surface area contributed by atoms with Gasteiger partial charge in [0.05, 0.1) is 3.58 Å². The van der Waals surface area contributed by atoms with Crippen LogP contribution in [0.4, 0.5) is 0 Å². The molecule has 0 radical (unpaired) electrons. The number of hydrogen-bond donors (Lipinski definition) is 0. The fraction of sp³-hybridized carbons (Fsp3) is 0.296. The average Bonchev–Trinajstić information content (AvgIpc) is 3.23. The van der Waals surface area contributed by atoms with Crippen LogP contribution >= 0.6 is 45.2 Å². The van der Waals surface area contributed by atoms with Crippen LogP contribution < -0.4 is 57.1 Å². The molecule has 0 N–H and O–H groups in total. The summed E-state index contributed by atoms with van der Waals surface area (Å²) in [4.78, 5) is 0. The zero-order valence-corrected chi connectivity index (χ0v) is 30.9. The lowest BCUT2D eigenvalue weighted by molar-refractivity contribution is -0.671. The Labute approximate surface area is 286 Å². The van der Waals surface area contributed by atoms with Gasteiger partial charge < -0.3 is 66.2 Å². The maximum Gasteiger partial charge on any atom is 0.666 e. The van der Waals surface area contributed by atoms with Gasteiger partial charge in [-0.25, -0.2) is 9.13 Å². The Morgan fingerprint density at radius 1 is 0.816 bits per heavy atom. The highest BCUT2D eigenvalue weighted by Gasteiger charge is 2.56. The number of nitrogens with zero attached hydrogens (tertiary/aromatic N) is 4. The van der Waals surface area contributed by atoms with Gasteiger partial charge in [-0.3, -0.25) is 0 Å². The van der Waals surface area contributed by atoms with Crippen molar-refractivity contribution in [2.24, 2.45) is 14.1 Å². The lowest BCUT2D eigenvalue weighted by atomic mass is 9.81. The van der Waals surface area contributed by atoms with Crippen molar-refractivity contribution in [3.05, 3.63) is 95.6 Å². The van der Waals surface area contributed by atoms with Gasteiger partial charge in [-0.2, -0.15) is 0 Å². The molecule has 11 heteroatoms. The molecule has 0 aromatic carbocycles. The van der Waals surface area contributed by atoms with E-state index < -0.39 is 6.82 Å². The summed E-state index contributed by atoms with van der Waals surface area (Å²) < 4.78 is 25.2. The Kier molecular flexibility index (Phi) is 10.7. The second-order valence-corrected chi connectivity index (χ2v) is 11.9. The Hall–Kier alpha value is -0.365. The van der Waals surface area contributed by atoms with Crippen LogP contribution in [-0.2, 0) is 36.6 Å². The van der Waals surface area contributed by atoms with E-state index in [1.54, 1.807) is 0 Å². The molecule has 3 aromatic heterocycles. The summed E-state index contributed by atoms with van der Waals surface area (Å²) >= 11 is 4.91. The minimum Gasteiger partial charge on any atom is -1.00 e. The summed E-state index contributed by atoms with van der Waals surface area (Å²) in [7, 11) is 4.05. The number of rotatable bonds is 6. The minimum atomic E-state index is -2.11. The molecule has 0 aliphatic carbocycles. The molecule has 3 aromatic rings. The lowest BCUT2D eigenvalue weighted by Crippen LogP contribution is -3.00. The van der Waals surface area contributed by atoms with Crippen LogP contribution in [0, 0.1) is 17.4 Å². The molecule has 2 aliphatic rings. The van der Waals surface area contributed by atoms with E-state index in [0.717, 1.165) is 33.9 Å².